The summed E-state index contributed by atoms with van der Waals surface area (Å²) in [7, 11) is 1.43. The zero-order valence-corrected chi connectivity index (χ0v) is 14.0. The van der Waals surface area contributed by atoms with Gasteiger partial charge in [0.2, 0.25) is 0 Å². The Bertz CT molecular complexity index is 661. The summed E-state index contributed by atoms with van der Waals surface area (Å²) in [6, 6.07) is 11.6. The standard InChI is InChI=1S/C18H19ClF3NO/c1-24-15-9-4-7-14(12-15)17(18(20,21)22)23-11-5-8-13-6-2-3-10-16(13)19/h2-4,6-7,9-10,12,17,23H,5,8,11H2,1H3/t17-/m0/s1. The van der Waals surface area contributed by atoms with Crippen LogP contribution in [0.1, 0.15) is 23.6 Å². The predicted molar refractivity (Wildman–Crippen MR) is 89.6 cm³/mol. The third kappa shape index (κ3) is 5.14. The van der Waals surface area contributed by atoms with E-state index in [4.69, 9.17) is 16.3 Å². The van der Waals surface area contributed by atoms with Crippen LogP contribution in [0, 0.1) is 0 Å². The van der Waals surface area contributed by atoms with Gasteiger partial charge in [0.05, 0.1) is 7.11 Å². The van der Waals surface area contributed by atoms with Gasteiger partial charge in [-0.05, 0) is 48.7 Å². The minimum Gasteiger partial charge on any atom is -0.497 e. The van der Waals surface area contributed by atoms with Gasteiger partial charge in [0.15, 0.2) is 0 Å². The lowest BCUT2D eigenvalue weighted by molar-refractivity contribution is -0.157. The van der Waals surface area contributed by atoms with Crippen LogP contribution in [-0.2, 0) is 6.42 Å². The molecule has 1 N–H and O–H groups in total. The van der Waals surface area contributed by atoms with Crippen LogP contribution in [-0.4, -0.2) is 19.8 Å². The van der Waals surface area contributed by atoms with Crippen LogP contribution in [0.25, 0.3) is 0 Å². The highest BCUT2D eigenvalue weighted by molar-refractivity contribution is 6.31. The van der Waals surface area contributed by atoms with Gasteiger partial charge in [-0.2, -0.15) is 13.2 Å². The van der Waals surface area contributed by atoms with Gasteiger partial charge in [-0.15, -0.1) is 0 Å². The summed E-state index contributed by atoms with van der Waals surface area (Å²) >= 11 is 6.05. The lowest BCUT2D eigenvalue weighted by Crippen LogP contribution is -2.34. The molecule has 0 fully saturated rings. The van der Waals surface area contributed by atoms with Gasteiger partial charge in [0.25, 0.3) is 0 Å². The number of hydrogen-bond acceptors (Lipinski definition) is 2. The van der Waals surface area contributed by atoms with E-state index in [2.05, 4.69) is 5.32 Å². The fourth-order valence-corrected chi connectivity index (χ4v) is 2.70. The summed E-state index contributed by atoms with van der Waals surface area (Å²) in [4.78, 5) is 0. The number of halogens is 4. The zero-order valence-electron chi connectivity index (χ0n) is 13.2. The molecule has 0 aromatic heterocycles. The van der Waals surface area contributed by atoms with Gasteiger partial charge in [-0.25, -0.2) is 0 Å². The largest absolute Gasteiger partial charge is 0.497 e. The molecule has 0 spiro atoms. The third-order valence-electron chi connectivity index (χ3n) is 3.68. The second-order valence-electron chi connectivity index (χ2n) is 5.40. The normalized spacial score (nSPS) is 12.9. The van der Waals surface area contributed by atoms with E-state index in [0.717, 1.165) is 5.56 Å². The van der Waals surface area contributed by atoms with Crippen molar-refractivity contribution < 1.29 is 17.9 Å². The molecule has 0 unspecified atom stereocenters. The highest BCUT2D eigenvalue weighted by atomic mass is 35.5. The monoisotopic (exact) mass is 357 g/mol. The predicted octanol–water partition coefficient (Wildman–Crippen LogP) is 5.17. The second kappa shape index (κ2) is 8.40. The van der Waals surface area contributed by atoms with Crippen LogP contribution in [0.4, 0.5) is 13.2 Å². The van der Waals surface area contributed by atoms with E-state index in [1.807, 2.05) is 18.2 Å². The van der Waals surface area contributed by atoms with Crippen molar-refractivity contribution in [3.63, 3.8) is 0 Å². The van der Waals surface area contributed by atoms with Gasteiger partial charge in [0, 0.05) is 5.02 Å². The molecule has 2 nitrogen and oxygen atoms in total. The van der Waals surface area contributed by atoms with Crippen LogP contribution in [0.3, 0.4) is 0 Å². The molecule has 0 bridgehead atoms. The van der Waals surface area contributed by atoms with Gasteiger partial charge in [-0.3, -0.25) is 0 Å². The lowest BCUT2D eigenvalue weighted by atomic mass is 10.1. The van der Waals surface area contributed by atoms with E-state index < -0.39 is 12.2 Å². The molecule has 2 aromatic carbocycles. The maximum atomic E-state index is 13.3. The molecule has 24 heavy (non-hydrogen) atoms. The number of hydrogen-bond donors (Lipinski definition) is 1. The van der Waals surface area contributed by atoms with Gasteiger partial charge in [0.1, 0.15) is 11.8 Å². The average Bonchev–Trinajstić information content (AvgIpc) is 2.55. The molecule has 6 heteroatoms. The van der Waals surface area contributed by atoms with E-state index in [1.54, 1.807) is 18.2 Å². The second-order valence-corrected chi connectivity index (χ2v) is 5.81. The molecular formula is C18H19ClF3NO. The Kier molecular flexibility index (Phi) is 6.52. The summed E-state index contributed by atoms with van der Waals surface area (Å²) < 4.78 is 45.0. The molecule has 0 aliphatic heterocycles. The number of rotatable bonds is 7. The molecule has 2 aromatic rings. The minimum absolute atomic E-state index is 0.139. The Labute approximate surface area is 144 Å². The summed E-state index contributed by atoms with van der Waals surface area (Å²) in [6.07, 6.45) is -3.20. The molecule has 0 amide bonds. The zero-order chi connectivity index (χ0) is 17.6. The minimum atomic E-state index is -4.38. The van der Waals surface area contributed by atoms with Crippen molar-refractivity contribution in [1.29, 1.82) is 0 Å². The molecule has 0 aliphatic carbocycles. The van der Waals surface area contributed by atoms with E-state index >= 15 is 0 Å². The SMILES string of the molecule is COc1cccc([C@H](NCCCc2ccccc2Cl)C(F)(F)F)c1. The lowest BCUT2D eigenvalue weighted by Gasteiger charge is -2.22. The first-order valence-electron chi connectivity index (χ1n) is 7.59. The van der Waals surface area contributed by atoms with Crippen molar-refractivity contribution in [3.8, 4) is 5.75 Å². The Balaban J connectivity index is 1.98. The molecule has 0 radical (unpaired) electrons. The maximum Gasteiger partial charge on any atom is 0.407 e. The van der Waals surface area contributed by atoms with E-state index in [1.165, 1.54) is 19.2 Å². The Morgan fingerprint density at radius 1 is 1.12 bits per heavy atom. The van der Waals surface area contributed by atoms with Crippen LogP contribution < -0.4 is 10.1 Å². The van der Waals surface area contributed by atoms with Crippen molar-refractivity contribution in [2.45, 2.75) is 25.1 Å². The van der Waals surface area contributed by atoms with Crippen molar-refractivity contribution in [2.75, 3.05) is 13.7 Å². The highest BCUT2D eigenvalue weighted by Gasteiger charge is 2.40. The first-order valence-corrected chi connectivity index (χ1v) is 7.97. The number of nitrogens with one attached hydrogen (secondary N) is 1. The van der Waals surface area contributed by atoms with Crippen LogP contribution in [0.15, 0.2) is 48.5 Å². The Morgan fingerprint density at radius 2 is 1.88 bits per heavy atom. The molecule has 0 saturated heterocycles. The average molecular weight is 358 g/mol. The molecule has 0 saturated carbocycles. The van der Waals surface area contributed by atoms with Crippen molar-refractivity contribution in [3.05, 3.63) is 64.7 Å². The number of methoxy groups -OCH3 is 1. The fraction of sp³-hybridized carbons (Fsp3) is 0.333. The maximum absolute atomic E-state index is 13.3. The van der Waals surface area contributed by atoms with Crippen LogP contribution >= 0.6 is 11.6 Å². The highest BCUT2D eigenvalue weighted by Crippen LogP contribution is 2.34. The topological polar surface area (TPSA) is 21.3 Å². The molecular weight excluding hydrogens is 339 g/mol. The molecule has 1 atom stereocenters. The van der Waals surface area contributed by atoms with E-state index in [0.29, 0.717) is 23.6 Å². The van der Waals surface area contributed by atoms with Crippen molar-refractivity contribution in [1.82, 2.24) is 5.32 Å². The summed E-state index contributed by atoms with van der Waals surface area (Å²) in [6.45, 7) is 0.229. The summed E-state index contributed by atoms with van der Waals surface area (Å²) in [5.41, 5.74) is 1.07. The van der Waals surface area contributed by atoms with Gasteiger partial charge in [-0.1, -0.05) is 41.9 Å². The number of benzene rings is 2. The quantitative estimate of drug-likeness (QED) is 0.690. The third-order valence-corrected chi connectivity index (χ3v) is 4.05. The van der Waals surface area contributed by atoms with E-state index in [9.17, 15) is 13.2 Å². The molecule has 2 rings (SSSR count). The number of ether oxygens (including phenoxy) is 1. The summed E-state index contributed by atoms with van der Waals surface area (Å²) in [5.74, 6) is 0.402. The van der Waals surface area contributed by atoms with E-state index in [-0.39, 0.29) is 12.1 Å². The number of aryl methyl sites for hydroxylation is 1. The van der Waals surface area contributed by atoms with Crippen molar-refractivity contribution in [2.24, 2.45) is 0 Å². The first-order chi connectivity index (χ1) is 11.4. The van der Waals surface area contributed by atoms with Gasteiger partial charge >= 0.3 is 6.18 Å². The molecule has 130 valence electrons. The Hall–Kier alpha value is -1.72. The van der Waals surface area contributed by atoms with Crippen LogP contribution in [0.5, 0.6) is 5.75 Å². The molecule has 0 aliphatic rings. The van der Waals surface area contributed by atoms with Gasteiger partial charge < -0.3 is 10.1 Å². The van der Waals surface area contributed by atoms with Crippen molar-refractivity contribution >= 4 is 11.6 Å². The fourth-order valence-electron chi connectivity index (χ4n) is 2.47. The molecule has 0 heterocycles. The number of alkyl halides is 3. The first kappa shape index (κ1) is 18.6. The van der Waals surface area contributed by atoms with Crippen LogP contribution in [0.2, 0.25) is 5.02 Å². The summed E-state index contributed by atoms with van der Waals surface area (Å²) in [5, 5.41) is 3.23. The smallest absolute Gasteiger partial charge is 0.407 e. The Morgan fingerprint density at radius 3 is 2.54 bits per heavy atom.